The third kappa shape index (κ3) is 1.67. The summed E-state index contributed by atoms with van der Waals surface area (Å²) in [4.78, 5) is 3.59. The van der Waals surface area contributed by atoms with E-state index in [0.717, 1.165) is 11.6 Å². The van der Waals surface area contributed by atoms with E-state index in [9.17, 15) is 0 Å². The number of halogens is 1. The summed E-state index contributed by atoms with van der Waals surface area (Å²) in [5.41, 5.74) is 10.1. The Balaban J connectivity index is 2.20. The minimum atomic E-state index is 0.162. The van der Waals surface area contributed by atoms with E-state index in [-0.39, 0.29) is 5.41 Å². The second-order valence-corrected chi connectivity index (χ2v) is 5.94. The minimum Gasteiger partial charge on any atom is -0.358 e. The molecule has 1 aliphatic carbocycles. The lowest BCUT2D eigenvalue weighted by Crippen LogP contribution is -2.33. The molecule has 0 spiro atoms. The summed E-state index contributed by atoms with van der Waals surface area (Å²) in [5, 5.41) is 2.03. The fraction of sp³-hybridized carbons (Fsp3) is 0.467. The number of aryl methyl sites for hydroxylation is 1. The number of nitrogens with one attached hydrogen (secondary N) is 1. The average Bonchev–Trinajstić information content (AvgIpc) is 2.96. The van der Waals surface area contributed by atoms with Crippen molar-refractivity contribution < 1.29 is 0 Å². The first-order chi connectivity index (χ1) is 8.66. The van der Waals surface area contributed by atoms with Crippen molar-refractivity contribution in [3.05, 3.63) is 34.5 Å². The van der Waals surface area contributed by atoms with Crippen LogP contribution in [0.5, 0.6) is 0 Å². The number of aromatic nitrogens is 1. The van der Waals surface area contributed by atoms with Gasteiger partial charge in [0.05, 0.1) is 0 Å². The first-order valence-corrected chi connectivity index (χ1v) is 7.02. The molecule has 1 saturated carbocycles. The van der Waals surface area contributed by atoms with Crippen molar-refractivity contribution in [1.82, 2.24) is 4.98 Å². The van der Waals surface area contributed by atoms with Crippen LogP contribution in [0.25, 0.3) is 10.9 Å². The lowest BCUT2D eigenvalue weighted by Gasteiger charge is -2.27. The van der Waals surface area contributed by atoms with E-state index in [1.54, 1.807) is 0 Å². The largest absolute Gasteiger partial charge is 0.358 e. The van der Waals surface area contributed by atoms with Crippen molar-refractivity contribution in [3.8, 4) is 0 Å². The van der Waals surface area contributed by atoms with E-state index < -0.39 is 0 Å². The second kappa shape index (κ2) is 4.29. The third-order valence-corrected chi connectivity index (χ3v) is 4.74. The number of aromatic amines is 1. The average molecular weight is 263 g/mol. The van der Waals surface area contributed by atoms with Gasteiger partial charge in [-0.05, 0) is 43.5 Å². The van der Waals surface area contributed by atoms with E-state index in [0.29, 0.717) is 0 Å². The standard InChI is InChI=1S/C15H19ClN2/c1-10-12-8-11(16)4-5-13(12)18-14(10)15(9-17)6-2-3-7-15/h4-5,8,18H,2-3,6-7,9,17H2,1H3. The highest BCUT2D eigenvalue weighted by atomic mass is 35.5. The number of hydrogen-bond donors (Lipinski definition) is 2. The molecule has 1 aromatic heterocycles. The van der Waals surface area contributed by atoms with Crippen molar-refractivity contribution >= 4 is 22.5 Å². The number of H-pyrrole nitrogens is 1. The molecule has 0 radical (unpaired) electrons. The molecule has 3 N–H and O–H groups in total. The highest BCUT2D eigenvalue weighted by Gasteiger charge is 2.37. The van der Waals surface area contributed by atoms with Gasteiger partial charge in [0.1, 0.15) is 0 Å². The second-order valence-electron chi connectivity index (χ2n) is 5.51. The van der Waals surface area contributed by atoms with Crippen LogP contribution < -0.4 is 5.73 Å². The summed E-state index contributed by atoms with van der Waals surface area (Å²) in [5.74, 6) is 0. The van der Waals surface area contributed by atoms with Gasteiger partial charge in [-0.15, -0.1) is 0 Å². The summed E-state index contributed by atoms with van der Waals surface area (Å²) in [6, 6.07) is 6.05. The van der Waals surface area contributed by atoms with Crippen LogP contribution >= 0.6 is 11.6 Å². The number of benzene rings is 1. The molecule has 0 unspecified atom stereocenters. The Morgan fingerprint density at radius 3 is 2.72 bits per heavy atom. The Hall–Kier alpha value is -0.990. The molecule has 3 heteroatoms. The Kier molecular flexibility index (Phi) is 2.87. The fourth-order valence-electron chi connectivity index (χ4n) is 3.44. The zero-order valence-electron chi connectivity index (χ0n) is 10.7. The first kappa shape index (κ1) is 12.1. The highest BCUT2D eigenvalue weighted by molar-refractivity contribution is 6.31. The molecule has 2 aromatic rings. The molecule has 2 nitrogen and oxygen atoms in total. The quantitative estimate of drug-likeness (QED) is 0.847. The van der Waals surface area contributed by atoms with Crippen LogP contribution in [-0.2, 0) is 5.41 Å². The van der Waals surface area contributed by atoms with Crippen LogP contribution in [0, 0.1) is 6.92 Å². The van der Waals surface area contributed by atoms with Crippen molar-refractivity contribution in [2.75, 3.05) is 6.54 Å². The van der Waals surface area contributed by atoms with Gasteiger partial charge in [0.15, 0.2) is 0 Å². The minimum absolute atomic E-state index is 0.162. The topological polar surface area (TPSA) is 41.8 Å². The van der Waals surface area contributed by atoms with Gasteiger partial charge in [-0.1, -0.05) is 24.4 Å². The van der Waals surface area contributed by atoms with E-state index in [1.807, 2.05) is 12.1 Å². The normalized spacial score (nSPS) is 18.6. The number of fused-ring (bicyclic) bond motifs is 1. The smallest absolute Gasteiger partial charge is 0.0460 e. The number of rotatable bonds is 2. The first-order valence-electron chi connectivity index (χ1n) is 6.65. The number of hydrogen-bond acceptors (Lipinski definition) is 1. The maximum Gasteiger partial charge on any atom is 0.0460 e. The summed E-state index contributed by atoms with van der Waals surface area (Å²) >= 11 is 6.09. The van der Waals surface area contributed by atoms with E-state index in [4.69, 9.17) is 17.3 Å². The summed E-state index contributed by atoms with van der Waals surface area (Å²) in [7, 11) is 0. The molecule has 1 aliphatic rings. The van der Waals surface area contributed by atoms with Gasteiger partial charge in [0, 0.05) is 33.6 Å². The van der Waals surface area contributed by atoms with Gasteiger partial charge in [0.25, 0.3) is 0 Å². The SMILES string of the molecule is Cc1c(C2(CN)CCCC2)[nH]c2ccc(Cl)cc12. The van der Waals surface area contributed by atoms with E-state index >= 15 is 0 Å². The third-order valence-electron chi connectivity index (χ3n) is 4.50. The molecule has 96 valence electrons. The van der Waals surface area contributed by atoms with Crippen LogP contribution in [0.4, 0.5) is 0 Å². The van der Waals surface area contributed by atoms with E-state index in [1.165, 1.54) is 47.8 Å². The highest BCUT2D eigenvalue weighted by Crippen LogP contribution is 2.43. The van der Waals surface area contributed by atoms with Crippen LogP contribution in [0.1, 0.15) is 36.9 Å². The molecule has 18 heavy (non-hydrogen) atoms. The fourth-order valence-corrected chi connectivity index (χ4v) is 3.61. The Labute approximate surface area is 113 Å². The van der Waals surface area contributed by atoms with E-state index in [2.05, 4.69) is 18.0 Å². The van der Waals surface area contributed by atoms with Crippen LogP contribution in [0.15, 0.2) is 18.2 Å². The van der Waals surface area contributed by atoms with Gasteiger partial charge in [-0.2, -0.15) is 0 Å². The Morgan fingerprint density at radius 1 is 1.33 bits per heavy atom. The number of nitrogens with two attached hydrogens (primary N) is 1. The predicted molar refractivity (Wildman–Crippen MR) is 77.2 cm³/mol. The van der Waals surface area contributed by atoms with Gasteiger partial charge >= 0.3 is 0 Å². The molecule has 1 heterocycles. The zero-order chi connectivity index (χ0) is 12.8. The van der Waals surface area contributed by atoms with Crippen LogP contribution in [0.2, 0.25) is 5.02 Å². The van der Waals surface area contributed by atoms with Crippen molar-refractivity contribution in [2.45, 2.75) is 38.0 Å². The molecular weight excluding hydrogens is 244 g/mol. The molecule has 3 rings (SSSR count). The Bertz CT molecular complexity index is 579. The predicted octanol–water partition coefficient (Wildman–Crippen LogP) is 3.90. The summed E-state index contributed by atoms with van der Waals surface area (Å²) in [6.07, 6.45) is 4.97. The molecule has 0 bridgehead atoms. The van der Waals surface area contributed by atoms with Gasteiger partial charge in [-0.25, -0.2) is 0 Å². The molecule has 0 atom stereocenters. The monoisotopic (exact) mass is 262 g/mol. The molecule has 0 saturated heterocycles. The van der Waals surface area contributed by atoms with Gasteiger partial charge < -0.3 is 10.7 Å². The van der Waals surface area contributed by atoms with Gasteiger partial charge in [0.2, 0.25) is 0 Å². The zero-order valence-corrected chi connectivity index (χ0v) is 11.5. The summed E-state index contributed by atoms with van der Waals surface area (Å²) in [6.45, 7) is 2.91. The molecule has 1 fully saturated rings. The van der Waals surface area contributed by atoms with Crippen LogP contribution in [-0.4, -0.2) is 11.5 Å². The summed E-state index contributed by atoms with van der Waals surface area (Å²) < 4.78 is 0. The van der Waals surface area contributed by atoms with Gasteiger partial charge in [-0.3, -0.25) is 0 Å². The molecule has 0 aliphatic heterocycles. The maximum atomic E-state index is 6.09. The van der Waals surface area contributed by atoms with Crippen LogP contribution in [0.3, 0.4) is 0 Å². The maximum absolute atomic E-state index is 6.09. The molecule has 1 aromatic carbocycles. The van der Waals surface area contributed by atoms with Crippen molar-refractivity contribution in [3.63, 3.8) is 0 Å². The van der Waals surface area contributed by atoms with Crippen molar-refractivity contribution in [2.24, 2.45) is 5.73 Å². The lowest BCUT2D eigenvalue weighted by atomic mass is 9.81. The lowest BCUT2D eigenvalue weighted by molar-refractivity contribution is 0.440. The molecule has 0 amide bonds. The van der Waals surface area contributed by atoms with Crippen molar-refractivity contribution in [1.29, 1.82) is 0 Å². The molecular formula is C15H19ClN2. The Morgan fingerprint density at radius 2 is 2.06 bits per heavy atom.